The topological polar surface area (TPSA) is 0 Å². The Balaban J connectivity index is 2.18. The second-order valence-corrected chi connectivity index (χ2v) is 7.75. The molecular weight excluding hydrogens is 343 g/mol. The fourth-order valence-corrected chi connectivity index (χ4v) is 5.61. The third kappa shape index (κ3) is 1.48. The zero-order chi connectivity index (χ0) is 13.0. The molecular formula is C18H15I. The molecule has 1 heterocycles. The van der Waals surface area contributed by atoms with Crippen LogP contribution in [0.25, 0.3) is 16.3 Å². The summed E-state index contributed by atoms with van der Waals surface area (Å²) in [7, 11) is 0. The minimum Gasteiger partial charge on any atom is -0.0934 e. The van der Waals surface area contributed by atoms with Crippen molar-refractivity contribution < 1.29 is 0 Å². The van der Waals surface area contributed by atoms with Crippen LogP contribution in [0.4, 0.5) is 0 Å². The Bertz CT molecular complexity index is 788. The molecule has 4 rings (SSSR count). The molecule has 0 nitrogen and oxygen atoms in total. The summed E-state index contributed by atoms with van der Waals surface area (Å²) in [5.41, 5.74) is 6.11. The van der Waals surface area contributed by atoms with Gasteiger partial charge in [0.2, 0.25) is 0 Å². The van der Waals surface area contributed by atoms with E-state index in [9.17, 15) is 0 Å². The Morgan fingerprint density at radius 2 is 1.84 bits per heavy atom. The predicted octanol–water partition coefficient (Wildman–Crippen LogP) is 5.18. The van der Waals surface area contributed by atoms with Gasteiger partial charge in [-0.1, -0.05) is 71.0 Å². The van der Waals surface area contributed by atoms with Crippen molar-refractivity contribution in [3.8, 4) is 0 Å². The zero-order valence-electron chi connectivity index (χ0n) is 11.1. The van der Waals surface area contributed by atoms with Gasteiger partial charge in [0.25, 0.3) is 0 Å². The number of rotatable bonds is 0. The van der Waals surface area contributed by atoms with Gasteiger partial charge in [0.05, 0.1) is 0 Å². The first kappa shape index (κ1) is 11.6. The number of halogens is 1. The van der Waals surface area contributed by atoms with Crippen molar-refractivity contribution in [2.24, 2.45) is 0 Å². The van der Waals surface area contributed by atoms with Crippen molar-refractivity contribution in [3.05, 3.63) is 63.3 Å². The normalized spacial score (nSPS) is 19.3. The Morgan fingerprint density at radius 1 is 1.00 bits per heavy atom. The molecule has 0 amide bonds. The summed E-state index contributed by atoms with van der Waals surface area (Å²) < 4.78 is 4.88. The molecule has 0 bridgehead atoms. The first-order valence-electron chi connectivity index (χ1n) is 6.59. The van der Waals surface area contributed by atoms with Gasteiger partial charge in [-0.15, -0.1) is 0 Å². The first-order valence-corrected chi connectivity index (χ1v) is 9.08. The number of fused-ring (bicyclic) bond motifs is 5. The number of benzene rings is 2. The van der Waals surface area contributed by atoms with Gasteiger partial charge in [-0.25, -0.2) is 0 Å². The van der Waals surface area contributed by atoms with Crippen LogP contribution in [-0.4, -0.2) is 4.01 Å². The molecule has 2 aromatic rings. The SMILES string of the molecule is CC1(C)C2=CI=CC=C2c2ccc3ccccc3c21. The third-order valence-corrected chi connectivity index (χ3v) is 6.04. The van der Waals surface area contributed by atoms with Gasteiger partial charge in [0, 0.05) is 5.41 Å². The molecule has 94 valence electrons. The molecule has 0 spiro atoms. The number of hydrogen-bond acceptors (Lipinski definition) is 0. The first-order chi connectivity index (χ1) is 9.19. The average Bonchev–Trinajstić information content (AvgIpc) is 2.68. The quantitative estimate of drug-likeness (QED) is 0.569. The van der Waals surface area contributed by atoms with E-state index < -0.39 is 0 Å². The van der Waals surface area contributed by atoms with E-state index in [1.165, 1.54) is 27.5 Å². The van der Waals surface area contributed by atoms with Gasteiger partial charge < -0.3 is 0 Å². The van der Waals surface area contributed by atoms with Crippen LogP contribution in [0.2, 0.25) is 0 Å². The van der Waals surface area contributed by atoms with Crippen molar-refractivity contribution in [3.63, 3.8) is 0 Å². The Labute approximate surface area is 123 Å². The van der Waals surface area contributed by atoms with Crippen LogP contribution < -0.4 is 0 Å². The highest BCUT2D eigenvalue weighted by Crippen LogP contribution is 2.53. The minimum absolute atomic E-state index is 0.110. The molecule has 2 aliphatic rings. The summed E-state index contributed by atoms with van der Waals surface area (Å²) in [4.78, 5) is 0. The van der Waals surface area contributed by atoms with Gasteiger partial charge in [0.15, 0.2) is 0 Å². The molecule has 0 aromatic heterocycles. The molecule has 0 unspecified atom stereocenters. The zero-order valence-corrected chi connectivity index (χ0v) is 13.2. The van der Waals surface area contributed by atoms with E-state index in [1.807, 2.05) is 0 Å². The highest BCUT2D eigenvalue weighted by Gasteiger charge is 2.39. The molecule has 1 aliphatic carbocycles. The standard InChI is InChI=1S/C18H15I/c1-18(2)16-11-19-10-9-14(16)15-8-7-12-5-3-4-6-13(12)17(15)18/h3-11H,1-2H3. The molecule has 0 saturated carbocycles. The van der Waals surface area contributed by atoms with Crippen LogP contribution in [0.3, 0.4) is 0 Å². The third-order valence-electron chi connectivity index (χ3n) is 4.28. The van der Waals surface area contributed by atoms with Crippen molar-refractivity contribution in [2.45, 2.75) is 19.3 Å². The summed E-state index contributed by atoms with van der Waals surface area (Å²) in [6, 6.07) is 13.3. The molecule has 0 saturated heterocycles. The molecule has 19 heavy (non-hydrogen) atoms. The lowest BCUT2D eigenvalue weighted by Crippen LogP contribution is -2.15. The van der Waals surface area contributed by atoms with E-state index >= 15 is 0 Å². The lowest BCUT2D eigenvalue weighted by atomic mass is 9.81. The summed E-state index contributed by atoms with van der Waals surface area (Å²) in [6.45, 7) is 4.75. The van der Waals surface area contributed by atoms with Crippen LogP contribution in [0.5, 0.6) is 0 Å². The van der Waals surface area contributed by atoms with E-state index in [0.29, 0.717) is 0 Å². The van der Waals surface area contributed by atoms with Gasteiger partial charge in [-0.05, 0) is 47.2 Å². The maximum Gasteiger partial charge on any atom is 0.0169 e. The highest BCUT2D eigenvalue weighted by molar-refractivity contribution is 14.2. The maximum atomic E-state index is 2.50. The Hall–Kier alpha value is -1.22. The van der Waals surface area contributed by atoms with Crippen LogP contribution in [-0.2, 0) is 5.41 Å². The lowest BCUT2D eigenvalue weighted by molar-refractivity contribution is 0.669. The van der Waals surface area contributed by atoms with Crippen LogP contribution >= 0.6 is 20.7 Å². The average molecular weight is 358 g/mol. The van der Waals surface area contributed by atoms with Crippen LogP contribution in [0, 0.1) is 0 Å². The molecule has 0 atom stereocenters. The van der Waals surface area contributed by atoms with E-state index in [0.717, 1.165) is 0 Å². The van der Waals surface area contributed by atoms with Gasteiger partial charge >= 0.3 is 0 Å². The van der Waals surface area contributed by atoms with E-state index in [4.69, 9.17) is 0 Å². The van der Waals surface area contributed by atoms with Gasteiger partial charge in [-0.2, -0.15) is 0 Å². The van der Waals surface area contributed by atoms with Crippen molar-refractivity contribution in [1.29, 1.82) is 0 Å². The molecule has 1 aliphatic heterocycles. The summed E-state index contributed by atoms with van der Waals surface area (Å²) in [6.07, 6.45) is 2.35. The minimum atomic E-state index is 0.110. The Kier molecular flexibility index (Phi) is 2.37. The lowest BCUT2D eigenvalue weighted by Gasteiger charge is -2.23. The molecule has 0 fully saturated rings. The summed E-state index contributed by atoms with van der Waals surface area (Å²) >= 11 is 0.110. The van der Waals surface area contributed by atoms with Gasteiger partial charge in [-0.3, -0.25) is 0 Å². The predicted molar refractivity (Wildman–Crippen MR) is 93.1 cm³/mol. The van der Waals surface area contributed by atoms with Crippen LogP contribution in [0.15, 0.2) is 52.1 Å². The molecule has 1 heteroatoms. The van der Waals surface area contributed by atoms with Crippen LogP contribution in [0.1, 0.15) is 25.0 Å². The number of hydrogen-bond donors (Lipinski definition) is 0. The fourth-order valence-electron chi connectivity index (χ4n) is 3.36. The van der Waals surface area contributed by atoms with Crippen molar-refractivity contribution in [1.82, 2.24) is 0 Å². The molecule has 0 radical (unpaired) electrons. The van der Waals surface area contributed by atoms with E-state index in [1.54, 1.807) is 5.57 Å². The maximum absolute atomic E-state index is 2.50. The smallest absolute Gasteiger partial charge is 0.0169 e. The second-order valence-electron chi connectivity index (χ2n) is 5.69. The largest absolute Gasteiger partial charge is 0.0934 e. The van der Waals surface area contributed by atoms with E-state index in [2.05, 4.69) is 64.4 Å². The summed E-state index contributed by atoms with van der Waals surface area (Å²) in [5.74, 6) is 0. The fraction of sp³-hybridized carbons (Fsp3) is 0.167. The summed E-state index contributed by atoms with van der Waals surface area (Å²) in [5, 5.41) is 2.77. The number of allylic oxidation sites excluding steroid dienone is 3. The van der Waals surface area contributed by atoms with E-state index in [-0.39, 0.29) is 26.1 Å². The molecule has 0 N–H and O–H groups in total. The van der Waals surface area contributed by atoms with Crippen molar-refractivity contribution >= 4 is 41.1 Å². The monoisotopic (exact) mass is 358 g/mol. The van der Waals surface area contributed by atoms with Crippen molar-refractivity contribution in [2.75, 3.05) is 0 Å². The van der Waals surface area contributed by atoms with Gasteiger partial charge in [0.1, 0.15) is 0 Å². The second kappa shape index (κ2) is 3.89. The molecule has 2 aromatic carbocycles. The highest BCUT2D eigenvalue weighted by atomic mass is 127. The Morgan fingerprint density at radius 3 is 2.74 bits per heavy atom.